The second-order valence-corrected chi connectivity index (χ2v) is 10.8. The zero-order valence-corrected chi connectivity index (χ0v) is 21.1. The number of piperidine rings is 1. The number of nitrogens with zero attached hydrogens (tertiary/aromatic N) is 4. The van der Waals surface area contributed by atoms with Crippen LogP contribution in [0.2, 0.25) is 5.02 Å². The molecule has 194 valence electrons. The fraction of sp³-hybridized carbons (Fsp3) is 0.462. The number of alkyl halides is 2. The van der Waals surface area contributed by atoms with Gasteiger partial charge in [-0.1, -0.05) is 17.7 Å². The van der Waals surface area contributed by atoms with Crippen LogP contribution in [0.15, 0.2) is 35.3 Å². The van der Waals surface area contributed by atoms with Gasteiger partial charge in [-0.3, -0.25) is 14.2 Å². The van der Waals surface area contributed by atoms with Crippen LogP contribution in [-0.2, 0) is 11.3 Å². The van der Waals surface area contributed by atoms with Crippen LogP contribution in [0, 0.1) is 11.3 Å². The van der Waals surface area contributed by atoms with Gasteiger partial charge in [-0.25, -0.2) is 13.8 Å². The minimum absolute atomic E-state index is 0.0754. The Labute approximate surface area is 217 Å². The molecule has 1 atom stereocenters. The van der Waals surface area contributed by atoms with Crippen molar-refractivity contribution in [3.8, 4) is 11.1 Å². The summed E-state index contributed by atoms with van der Waals surface area (Å²) in [4.78, 5) is 37.2. The van der Waals surface area contributed by atoms with Crippen molar-refractivity contribution < 1.29 is 13.6 Å². The Morgan fingerprint density at radius 2 is 2.00 bits per heavy atom. The molecule has 1 unspecified atom stereocenters. The first-order chi connectivity index (χ1) is 17.7. The highest BCUT2D eigenvalue weighted by Crippen LogP contribution is 2.54. The predicted molar refractivity (Wildman–Crippen MR) is 138 cm³/mol. The van der Waals surface area contributed by atoms with Crippen molar-refractivity contribution in [2.75, 3.05) is 36.9 Å². The molecule has 3 fully saturated rings. The van der Waals surface area contributed by atoms with Crippen LogP contribution in [0.4, 0.5) is 20.4 Å². The summed E-state index contributed by atoms with van der Waals surface area (Å²) >= 11 is 6.69. The minimum Gasteiger partial charge on any atom is -0.357 e. The second-order valence-electron chi connectivity index (χ2n) is 10.4. The molecule has 3 aliphatic rings. The lowest BCUT2D eigenvalue weighted by molar-refractivity contribution is -0.121. The summed E-state index contributed by atoms with van der Waals surface area (Å²) < 4.78 is 29.7. The first-order valence-corrected chi connectivity index (χ1v) is 12.9. The fourth-order valence-electron chi connectivity index (χ4n) is 5.63. The SMILES string of the molecule is CNc1ncc2cc(-c3ccc(N4CCC5(CC5)C4=O)cc3Cl)c(=O)n(CC3CNCC(F)(F)C3)c2n1. The van der Waals surface area contributed by atoms with Crippen molar-refractivity contribution in [2.45, 2.75) is 38.2 Å². The normalized spacial score (nSPS) is 22.1. The van der Waals surface area contributed by atoms with Crippen molar-refractivity contribution >= 4 is 40.2 Å². The number of aromatic nitrogens is 3. The summed E-state index contributed by atoms with van der Waals surface area (Å²) in [6.07, 6.45) is 4.00. The van der Waals surface area contributed by atoms with Crippen LogP contribution in [0.3, 0.4) is 0 Å². The third kappa shape index (κ3) is 4.25. The van der Waals surface area contributed by atoms with Gasteiger partial charge in [0, 0.05) is 61.5 Å². The van der Waals surface area contributed by atoms with Gasteiger partial charge in [0.2, 0.25) is 11.9 Å². The van der Waals surface area contributed by atoms with E-state index in [0.717, 1.165) is 19.3 Å². The number of halogens is 3. The molecule has 1 spiro atoms. The lowest BCUT2D eigenvalue weighted by Gasteiger charge is -2.30. The Morgan fingerprint density at radius 3 is 2.68 bits per heavy atom. The molecular formula is C26H27ClF2N6O2. The molecule has 3 aromatic rings. The lowest BCUT2D eigenvalue weighted by Crippen LogP contribution is -2.45. The second kappa shape index (κ2) is 8.73. The quantitative estimate of drug-likeness (QED) is 0.521. The first-order valence-electron chi connectivity index (χ1n) is 12.5. The molecule has 0 radical (unpaired) electrons. The number of carbonyl (C=O) groups excluding carboxylic acids is 1. The summed E-state index contributed by atoms with van der Waals surface area (Å²) in [5.41, 5.74) is 1.35. The molecule has 0 bridgehead atoms. The average Bonchev–Trinajstić information content (AvgIpc) is 3.59. The van der Waals surface area contributed by atoms with Gasteiger partial charge in [0.1, 0.15) is 5.65 Å². The number of hydrogen-bond donors (Lipinski definition) is 2. The largest absolute Gasteiger partial charge is 0.357 e. The zero-order chi connectivity index (χ0) is 25.9. The molecular weight excluding hydrogens is 502 g/mol. The molecule has 2 saturated heterocycles. The molecule has 11 heteroatoms. The Morgan fingerprint density at radius 1 is 1.19 bits per heavy atom. The van der Waals surface area contributed by atoms with E-state index in [1.807, 2.05) is 0 Å². The van der Waals surface area contributed by atoms with E-state index in [9.17, 15) is 18.4 Å². The summed E-state index contributed by atoms with van der Waals surface area (Å²) in [6.45, 7) is 0.737. The van der Waals surface area contributed by atoms with E-state index in [2.05, 4.69) is 20.6 Å². The molecule has 1 amide bonds. The number of anilines is 2. The number of amides is 1. The van der Waals surface area contributed by atoms with Gasteiger partial charge in [0.05, 0.1) is 17.0 Å². The maximum Gasteiger partial charge on any atom is 0.260 e. The third-order valence-electron chi connectivity index (χ3n) is 7.82. The van der Waals surface area contributed by atoms with Gasteiger partial charge in [-0.05, 0) is 43.4 Å². The highest BCUT2D eigenvalue weighted by atomic mass is 35.5. The van der Waals surface area contributed by atoms with Crippen molar-refractivity contribution in [1.29, 1.82) is 0 Å². The number of nitrogens with one attached hydrogen (secondary N) is 2. The zero-order valence-electron chi connectivity index (χ0n) is 20.4. The maximum absolute atomic E-state index is 14.1. The van der Waals surface area contributed by atoms with Crippen molar-refractivity contribution in [3.63, 3.8) is 0 Å². The van der Waals surface area contributed by atoms with E-state index < -0.39 is 11.8 Å². The smallest absolute Gasteiger partial charge is 0.260 e. The first kappa shape index (κ1) is 24.2. The van der Waals surface area contributed by atoms with E-state index in [1.165, 1.54) is 4.57 Å². The molecule has 2 aliphatic heterocycles. The standard InChI is InChI=1S/C26H27ClF2N6O2/c1-30-24-32-12-16-8-19(22(36)35(21(16)33-24)13-15-10-26(28,29)14-31-11-15)18-3-2-17(9-20(18)27)34-7-6-25(4-5-25)23(34)37/h2-3,8-9,12,15,31H,4-7,10-11,13-14H2,1H3,(H,30,32,33). The Kier molecular flexibility index (Phi) is 5.72. The van der Waals surface area contributed by atoms with Gasteiger partial charge in [0.25, 0.3) is 11.5 Å². The van der Waals surface area contributed by atoms with Crippen LogP contribution in [0.25, 0.3) is 22.2 Å². The van der Waals surface area contributed by atoms with E-state index in [-0.39, 0.29) is 36.4 Å². The highest BCUT2D eigenvalue weighted by Gasteiger charge is 2.55. The van der Waals surface area contributed by atoms with E-state index in [1.54, 1.807) is 42.4 Å². The topological polar surface area (TPSA) is 92.2 Å². The Bertz CT molecular complexity index is 1470. The van der Waals surface area contributed by atoms with Crippen LogP contribution >= 0.6 is 11.6 Å². The highest BCUT2D eigenvalue weighted by molar-refractivity contribution is 6.33. The Hall–Kier alpha value is -3.11. The molecule has 1 saturated carbocycles. The van der Waals surface area contributed by atoms with Gasteiger partial charge in [0.15, 0.2) is 0 Å². The van der Waals surface area contributed by atoms with Crippen LogP contribution < -0.4 is 21.1 Å². The lowest BCUT2D eigenvalue weighted by atomic mass is 9.96. The molecule has 4 heterocycles. The molecule has 37 heavy (non-hydrogen) atoms. The fourth-order valence-corrected chi connectivity index (χ4v) is 5.90. The van der Waals surface area contributed by atoms with Gasteiger partial charge < -0.3 is 15.5 Å². The van der Waals surface area contributed by atoms with Crippen molar-refractivity contribution in [1.82, 2.24) is 19.9 Å². The van der Waals surface area contributed by atoms with E-state index >= 15 is 0 Å². The summed E-state index contributed by atoms with van der Waals surface area (Å²) in [5, 5.41) is 6.56. The van der Waals surface area contributed by atoms with Crippen LogP contribution in [0.5, 0.6) is 0 Å². The molecule has 6 rings (SSSR count). The van der Waals surface area contributed by atoms with E-state index in [4.69, 9.17) is 11.6 Å². The van der Waals surface area contributed by atoms with Gasteiger partial charge in [-0.2, -0.15) is 4.98 Å². The minimum atomic E-state index is -2.84. The summed E-state index contributed by atoms with van der Waals surface area (Å²) in [6, 6.07) is 6.95. The maximum atomic E-state index is 14.1. The number of benzene rings is 1. The van der Waals surface area contributed by atoms with Crippen molar-refractivity contribution in [3.05, 3.63) is 45.8 Å². The van der Waals surface area contributed by atoms with E-state index in [0.29, 0.717) is 51.9 Å². The molecule has 2 aromatic heterocycles. The summed E-state index contributed by atoms with van der Waals surface area (Å²) in [7, 11) is 1.67. The predicted octanol–water partition coefficient (Wildman–Crippen LogP) is 3.92. The van der Waals surface area contributed by atoms with Crippen LogP contribution in [0.1, 0.15) is 25.7 Å². The van der Waals surface area contributed by atoms with Crippen LogP contribution in [-0.4, -0.2) is 53.0 Å². The van der Waals surface area contributed by atoms with Gasteiger partial charge in [-0.15, -0.1) is 0 Å². The van der Waals surface area contributed by atoms with Crippen molar-refractivity contribution in [2.24, 2.45) is 11.3 Å². The number of pyridine rings is 1. The number of hydrogen-bond acceptors (Lipinski definition) is 6. The molecule has 2 N–H and O–H groups in total. The third-order valence-corrected chi connectivity index (χ3v) is 8.13. The van der Waals surface area contributed by atoms with Gasteiger partial charge >= 0.3 is 0 Å². The number of carbonyl (C=O) groups is 1. The molecule has 1 aromatic carbocycles. The molecule has 8 nitrogen and oxygen atoms in total. The number of fused-ring (bicyclic) bond motifs is 1. The monoisotopic (exact) mass is 528 g/mol. The summed E-state index contributed by atoms with van der Waals surface area (Å²) in [5.74, 6) is -2.83. The number of rotatable bonds is 5. The average molecular weight is 529 g/mol. The Balaban J connectivity index is 1.41. The molecule has 1 aliphatic carbocycles.